The summed E-state index contributed by atoms with van der Waals surface area (Å²) in [6.45, 7) is 14.3. The average Bonchev–Trinajstić information content (AvgIpc) is 3.36. The molecule has 0 aromatic rings. The molecule has 2 unspecified atom stereocenters. The van der Waals surface area contributed by atoms with E-state index in [9.17, 15) is 8.42 Å². The minimum Gasteiger partial charge on any atom is -0.378 e. The third-order valence-corrected chi connectivity index (χ3v) is 12.6. The Morgan fingerprint density at radius 2 is 1.58 bits per heavy atom. The highest BCUT2D eigenvalue weighted by molar-refractivity contribution is 7.85. The second kappa shape index (κ2) is 17.6. The summed E-state index contributed by atoms with van der Waals surface area (Å²) in [5.74, 6) is 2.92. The van der Waals surface area contributed by atoms with Crippen molar-refractivity contribution in [3.63, 3.8) is 0 Å². The van der Waals surface area contributed by atoms with Crippen molar-refractivity contribution >= 4 is 10.1 Å². The van der Waals surface area contributed by atoms with E-state index in [1.807, 2.05) is 0 Å². The van der Waals surface area contributed by atoms with Crippen LogP contribution in [0.15, 0.2) is 10.2 Å². The van der Waals surface area contributed by atoms with Crippen LogP contribution < -0.4 is 0 Å². The molecule has 0 bridgehead atoms. The maximum Gasteiger partial charge on any atom is 0.264 e. The van der Waals surface area contributed by atoms with E-state index in [1.54, 1.807) is 0 Å². The smallest absolute Gasteiger partial charge is 0.264 e. The average molecular weight is 653 g/mol. The highest BCUT2D eigenvalue weighted by Crippen LogP contribution is 2.66. The Morgan fingerprint density at radius 1 is 0.933 bits per heavy atom. The molecule has 0 N–H and O–H groups in total. The van der Waals surface area contributed by atoms with Crippen molar-refractivity contribution in [1.82, 2.24) is 0 Å². The van der Waals surface area contributed by atoms with E-state index >= 15 is 0 Å². The highest BCUT2D eigenvalue weighted by atomic mass is 32.2. The summed E-state index contributed by atoms with van der Waals surface area (Å²) in [5.41, 5.74) is 17.7. The molecule has 8 atom stereocenters. The van der Waals surface area contributed by atoms with E-state index in [0.717, 1.165) is 50.7 Å². The maximum atomic E-state index is 11.5. The molecule has 0 heterocycles. The Labute approximate surface area is 272 Å². The van der Waals surface area contributed by atoms with Gasteiger partial charge in [0.15, 0.2) is 0 Å². The first kappa shape index (κ1) is 37.9. The van der Waals surface area contributed by atoms with Gasteiger partial charge in [0.2, 0.25) is 0 Å². The lowest BCUT2D eigenvalue weighted by atomic mass is 9.48. The summed E-state index contributed by atoms with van der Waals surface area (Å²) >= 11 is 0. The van der Waals surface area contributed by atoms with Gasteiger partial charge in [0.25, 0.3) is 10.1 Å². The molecular formula is C33H60N6O5S. The summed E-state index contributed by atoms with van der Waals surface area (Å²) in [6, 6.07) is 0. The first-order valence-corrected chi connectivity index (χ1v) is 19.3. The van der Waals surface area contributed by atoms with Crippen molar-refractivity contribution < 1.29 is 22.1 Å². The normalized spacial score (nSPS) is 34.7. The fourth-order valence-electron chi connectivity index (χ4n) is 9.61. The van der Waals surface area contributed by atoms with Gasteiger partial charge < -0.3 is 9.47 Å². The van der Waals surface area contributed by atoms with Crippen LogP contribution in [0.5, 0.6) is 0 Å². The molecule has 3 aliphatic carbocycles. The van der Waals surface area contributed by atoms with Crippen LogP contribution in [0.4, 0.5) is 0 Å². The van der Waals surface area contributed by atoms with E-state index in [0.29, 0.717) is 68.7 Å². The van der Waals surface area contributed by atoms with E-state index in [-0.39, 0.29) is 29.6 Å². The third kappa shape index (κ3) is 9.97. The third-order valence-electron chi connectivity index (χ3n) is 12.0. The number of azide groups is 2. The molecule has 0 amide bonds. The van der Waals surface area contributed by atoms with Crippen LogP contribution in [-0.4, -0.2) is 59.8 Å². The van der Waals surface area contributed by atoms with Crippen molar-refractivity contribution in [2.75, 3.05) is 39.2 Å². The Bertz CT molecular complexity index is 1120. The van der Waals surface area contributed by atoms with Gasteiger partial charge in [-0.3, -0.25) is 4.18 Å². The zero-order valence-electron chi connectivity index (χ0n) is 28.8. The molecule has 0 radical (unpaired) electrons. The van der Waals surface area contributed by atoms with Crippen molar-refractivity contribution in [1.29, 1.82) is 0 Å². The number of nitrogens with zero attached hydrogens (tertiary/aromatic N) is 6. The molecule has 12 heteroatoms. The summed E-state index contributed by atoms with van der Waals surface area (Å²) in [4.78, 5) is 5.84. The Hall–Kier alpha value is -1.55. The molecular weight excluding hydrogens is 592 g/mol. The lowest BCUT2D eigenvalue weighted by Crippen LogP contribution is -2.58. The second-order valence-corrected chi connectivity index (χ2v) is 16.5. The monoisotopic (exact) mass is 652 g/mol. The zero-order chi connectivity index (χ0) is 33.1. The molecule has 3 rings (SSSR count). The van der Waals surface area contributed by atoms with Gasteiger partial charge in [-0.05, 0) is 116 Å². The lowest BCUT2D eigenvalue weighted by Gasteiger charge is -2.60. The van der Waals surface area contributed by atoms with Gasteiger partial charge in [-0.2, -0.15) is 8.42 Å². The topological polar surface area (TPSA) is 159 Å². The van der Waals surface area contributed by atoms with Crippen LogP contribution in [0, 0.1) is 46.3 Å². The molecule has 45 heavy (non-hydrogen) atoms. The maximum absolute atomic E-state index is 11.5. The van der Waals surface area contributed by atoms with E-state index in [1.165, 1.54) is 25.7 Å². The van der Waals surface area contributed by atoms with Crippen LogP contribution in [-0.2, 0) is 23.8 Å². The quantitative estimate of drug-likeness (QED) is 0.0447. The van der Waals surface area contributed by atoms with Gasteiger partial charge in [-0.25, -0.2) is 0 Å². The summed E-state index contributed by atoms with van der Waals surface area (Å²) in [6.07, 6.45) is 13.6. The molecule has 258 valence electrons. The van der Waals surface area contributed by atoms with Gasteiger partial charge in [0.1, 0.15) is 0 Å². The number of hydrogen-bond donors (Lipinski definition) is 0. The molecule has 3 aliphatic rings. The van der Waals surface area contributed by atoms with Crippen LogP contribution in [0.25, 0.3) is 20.9 Å². The molecule has 0 aromatic carbocycles. The fourth-order valence-corrected chi connectivity index (χ4v) is 10.0. The van der Waals surface area contributed by atoms with Gasteiger partial charge in [0.05, 0.1) is 25.1 Å². The van der Waals surface area contributed by atoms with Crippen LogP contribution in [0.3, 0.4) is 0 Å². The van der Waals surface area contributed by atoms with Crippen LogP contribution >= 0.6 is 0 Å². The second-order valence-electron chi connectivity index (χ2n) is 14.9. The summed E-state index contributed by atoms with van der Waals surface area (Å²) < 4.78 is 41.8. The molecule has 3 saturated carbocycles. The van der Waals surface area contributed by atoms with Crippen LogP contribution in [0.2, 0.25) is 0 Å². The van der Waals surface area contributed by atoms with Crippen molar-refractivity contribution in [2.24, 2.45) is 56.6 Å². The molecule has 0 aliphatic heterocycles. The van der Waals surface area contributed by atoms with E-state index < -0.39 is 10.1 Å². The fraction of sp³-hybridized carbons (Fsp3) is 1.00. The lowest BCUT2D eigenvalue weighted by molar-refractivity contribution is -0.190. The molecule has 0 spiro atoms. The van der Waals surface area contributed by atoms with Gasteiger partial charge >= 0.3 is 0 Å². The van der Waals surface area contributed by atoms with Crippen molar-refractivity contribution in [2.45, 2.75) is 124 Å². The van der Waals surface area contributed by atoms with Crippen LogP contribution in [0.1, 0.15) is 112 Å². The van der Waals surface area contributed by atoms with E-state index in [4.69, 9.17) is 24.7 Å². The highest BCUT2D eigenvalue weighted by Gasteiger charge is 2.63. The van der Waals surface area contributed by atoms with Gasteiger partial charge in [0, 0.05) is 41.5 Å². The minimum atomic E-state index is -3.44. The predicted molar refractivity (Wildman–Crippen MR) is 178 cm³/mol. The first-order chi connectivity index (χ1) is 21.4. The number of ether oxygens (including phenoxy) is 2. The Morgan fingerprint density at radius 3 is 2.18 bits per heavy atom. The van der Waals surface area contributed by atoms with Gasteiger partial charge in [-0.1, -0.05) is 57.7 Å². The first-order valence-electron chi connectivity index (χ1n) is 17.5. The Kier molecular flexibility index (Phi) is 14.8. The summed E-state index contributed by atoms with van der Waals surface area (Å²) in [7, 11) is -3.44. The molecule has 0 saturated heterocycles. The number of fused-ring (bicyclic) bond motifs is 1. The number of hydrogen-bond acceptors (Lipinski definition) is 7. The molecule has 11 nitrogen and oxygen atoms in total. The standard InChI is InChI=1S/C33H60N6O5S/c1-7-29(42-20-9-18-36-38-34)31-27-13-12-26(25(3)11-8-22-44-45(6,40)41)33(27,5)30(43-21-10-19-37-39-35)23-28(31)32(4)16-14-24(2)15-17-32/h24-31H,7-23H2,1-6H3/t24?,25-,26?,27+,28+,29-,30+,31?,32?,33-/m1/s1. The SMILES string of the molecule is CC[C@@H](OCCCN=[N+]=[N-])C1[C@@H](C2(C)CCC(C)CC2)C[C@H](OCCCN=[N+]=[N-])[C@]2(C)C([C@H](C)CCCOS(C)(=O)=O)CC[C@@H]12. The Balaban J connectivity index is 1.95. The van der Waals surface area contributed by atoms with Crippen molar-refractivity contribution in [3.05, 3.63) is 20.9 Å². The molecule has 3 fully saturated rings. The predicted octanol–water partition coefficient (Wildman–Crippen LogP) is 8.85. The largest absolute Gasteiger partial charge is 0.378 e. The summed E-state index contributed by atoms with van der Waals surface area (Å²) in [5, 5.41) is 7.47. The minimum absolute atomic E-state index is 0.0586. The van der Waals surface area contributed by atoms with E-state index in [2.05, 4.69) is 54.7 Å². The molecule has 0 aromatic heterocycles. The van der Waals surface area contributed by atoms with Gasteiger partial charge in [-0.15, -0.1) is 0 Å². The number of rotatable bonds is 19. The zero-order valence-corrected chi connectivity index (χ0v) is 29.6. The van der Waals surface area contributed by atoms with Crippen molar-refractivity contribution in [3.8, 4) is 0 Å².